The van der Waals surface area contributed by atoms with Gasteiger partial charge in [0.2, 0.25) is 0 Å². The second-order valence-corrected chi connectivity index (χ2v) is 6.33. The molecule has 0 saturated heterocycles. The first kappa shape index (κ1) is 13.4. The highest BCUT2D eigenvalue weighted by molar-refractivity contribution is 7.17. The van der Waals surface area contributed by atoms with Crippen molar-refractivity contribution >= 4 is 21.4 Å². The molecule has 3 heteroatoms. The summed E-state index contributed by atoms with van der Waals surface area (Å²) in [4.78, 5) is 0. The number of nitrogens with zero attached hydrogens (tertiary/aromatic N) is 1. The first-order chi connectivity index (χ1) is 9.74. The van der Waals surface area contributed by atoms with E-state index in [0.29, 0.717) is 6.04 Å². The predicted molar refractivity (Wildman–Crippen MR) is 87.3 cm³/mol. The van der Waals surface area contributed by atoms with Crippen molar-refractivity contribution in [2.75, 3.05) is 0 Å². The fourth-order valence-corrected chi connectivity index (χ4v) is 3.37. The van der Waals surface area contributed by atoms with Gasteiger partial charge in [0.25, 0.3) is 0 Å². The van der Waals surface area contributed by atoms with Crippen molar-refractivity contribution < 1.29 is 0 Å². The van der Waals surface area contributed by atoms with Crippen LogP contribution in [0, 0.1) is 0 Å². The van der Waals surface area contributed by atoms with Crippen molar-refractivity contribution in [2.24, 2.45) is 0 Å². The number of benzene rings is 1. The highest BCUT2D eigenvalue weighted by atomic mass is 32.1. The summed E-state index contributed by atoms with van der Waals surface area (Å²) < 4.78 is 3.71. The van der Waals surface area contributed by atoms with Crippen LogP contribution in [0.4, 0.5) is 0 Å². The molecule has 2 aromatic heterocycles. The SMILES string of the molecule is CC(C)NCc1cccn1Cc1csc2ccccc12. The lowest BCUT2D eigenvalue weighted by Crippen LogP contribution is -2.23. The van der Waals surface area contributed by atoms with Gasteiger partial charge in [0.15, 0.2) is 0 Å². The highest BCUT2D eigenvalue weighted by Crippen LogP contribution is 2.26. The van der Waals surface area contributed by atoms with E-state index in [-0.39, 0.29) is 0 Å². The minimum Gasteiger partial charge on any atom is -0.346 e. The van der Waals surface area contributed by atoms with Crippen LogP contribution in [-0.4, -0.2) is 10.6 Å². The quantitative estimate of drug-likeness (QED) is 0.741. The summed E-state index contributed by atoms with van der Waals surface area (Å²) in [6.07, 6.45) is 2.17. The summed E-state index contributed by atoms with van der Waals surface area (Å²) in [5.74, 6) is 0. The molecule has 1 N–H and O–H groups in total. The van der Waals surface area contributed by atoms with Crippen LogP contribution in [0.5, 0.6) is 0 Å². The van der Waals surface area contributed by atoms with E-state index in [2.05, 4.69) is 71.7 Å². The Morgan fingerprint density at radius 2 is 2.00 bits per heavy atom. The van der Waals surface area contributed by atoms with Crippen molar-refractivity contribution in [2.45, 2.75) is 33.0 Å². The van der Waals surface area contributed by atoms with Gasteiger partial charge < -0.3 is 9.88 Å². The molecule has 0 fully saturated rings. The predicted octanol–water partition coefficient (Wildman–Crippen LogP) is 4.25. The molecule has 0 unspecified atom stereocenters. The van der Waals surface area contributed by atoms with E-state index in [0.717, 1.165) is 13.1 Å². The summed E-state index contributed by atoms with van der Waals surface area (Å²) in [7, 11) is 0. The van der Waals surface area contributed by atoms with Gasteiger partial charge in [0, 0.05) is 35.7 Å². The third-order valence-electron chi connectivity index (χ3n) is 3.52. The lowest BCUT2D eigenvalue weighted by atomic mass is 10.2. The average molecular weight is 284 g/mol. The van der Waals surface area contributed by atoms with Gasteiger partial charge in [-0.25, -0.2) is 0 Å². The molecule has 0 bridgehead atoms. The van der Waals surface area contributed by atoms with Crippen molar-refractivity contribution in [3.63, 3.8) is 0 Å². The van der Waals surface area contributed by atoms with E-state index in [4.69, 9.17) is 0 Å². The molecule has 2 nitrogen and oxygen atoms in total. The molecule has 2 heterocycles. The summed E-state index contributed by atoms with van der Waals surface area (Å²) in [5.41, 5.74) is 2.75. The zero-order chi connectivity index (χ0) is 13.9. The molecule has 3 rings (SSSR count). The Kier molecular flexibility index (Phi) is 3.90. The van der Waals surface area contributed by atoms with E-state index >= 15 is 0 Å². The smallest absolute Gasteiger partial charge is 0.0487 e. The molecule has 0 atom stereocenters. The number of hydrogen-bond donors (Lipinski definition) is 1. The Bertz CT molecular complexity index is 694. The van der Waals surface area contributed by atoms with Crippen LogP contribution in [0.15, 0.2) is 48.0 Å². The van der Waals surface area contributed by atoms with Gasteiger partial charge in [-0.1, -0.05) is 32.0 Å². The first-order valence-electron chi connectivity index (χ1n) is 7.06. The van der Waals surface area contributed by atoms with Gasteiger partial charge in [0.05, 0.1) is 0 Å². The maximum absolute atomic E-state index is 3.49. The van der Waals surface area contributed by atoms with E-state index in [1.54, 1.807) is 0 Å². The lowest BCUT2D eigenvalue weighted by Gasteiger charge is -2.12. The molecule has 3 aromatic rings. The van der Waals surface area contributed by atoms with Gasteiger partial charge in [-0.05, 0) is 34.5 Å². The first-order valence-corrected chi connectivity index (χ1v) is 7.94. The molecule has 0 amide bonds. The second kappa shape index (κ2) is 5.81. The van der Waals surface area contributed by atoms with Crippen molar-refractivity contribution in [3.8, 4) is 0 Å². The number of thiophene rings is 1. The Morgan fingerprint density at radius 3 is 2.85 bits per heavy atom. The summed E-state index contributed by atoms with van der Waals surface area (Å²) >= 11 is 1.83. The topological polar surface area (TPSA) is 17.0 Å². The third kappa shape index (κ3) is 2.79. The number of fused-ring (bicyclic) bond motifs is 1. The van der Waals surface area contributed by atoms with Gasteiger partial charge in [-0.3, -0.25) is 0 Å². The number of hydrogen-bond acceptors (Lipinski definition) is 2. The highest BCUT2D eigenvalue weighted by Gasteiger charge is 2.07. The molecule has 0 spiro atoms. The molecule has 1 aromatic carbocycles. The minimum absolute atomic E-state index is 0.514. The van der Waals surface area contributed by atoms with Crippen LogP contribution in [0.2, 0.25) is 0 Å². The third-order valence-corrected chi connectivity index (χ3v) is 4.53. The fourth-order valence-electron chi connectivity index (χ4n) is 2.41. The monoisotopic (exact) mass is 284 g/mol. The number of nitrogens with one attached hydrogen (secondary N) is 1. The van der Waals surface area contributed by atoms with E-state index in [9.17, 15) is 0 Å². The minimum atomic E-state index is 0.514. The summed E-state index contributed by atoms with van der Waals surface area (Å²) in [6, 6.07) is 13.5. The summed E-state index contributed by atoms with van der Waals surface area (Å²) in [5, 5.41) is 7.15. The van der Waals surface area contributed by atoms with Gasteiger partial charge >= 0.3 is 0 Å². The molecular weight excluding hydrogens is 264 g/mol. The zero-order valence-corrected chi connectivity index (χ0v) is 12.8. The normalized spacial score (nSPS) is 11.6. The van der Waals surface area contributed by atoms with Gasteiger partial charge in [0.1, 0.15) is 0 Å². The van der Waals surface area contributed by atoms with Crippen LogP contribution in [-0.2, 0) is 13.1 Å². The Balaban J connectivity index is 1.83. The maximum Gasteiger partial charge on any atom is 0.0487 e. The molecular formula is C17H20N2S. The molecule has 0 aliphatic carbocycles. The zero-order valence-electron chi connectivity index (χ0n) is 12.0. The summed E-state index contributed by atoms with van der Waals surface area (Å²) in [6.45, 7) is 6.23. The molecule has 0 radical (unpaired) electrons. The second-order valence-electron chi connectivity index (χ2n) is 5.42. The van der Waals surface area contributed by atoms with Crippen LogP contribution in [0.1, 0.15) is 25.1 Å². The van der Waals surface area contributed by atoms with Gasteiger partial charge in [-0.15, -0.1) is 11.3 Å². The Morgan fingerprint density at radius 1 is 1.15 bits per heavy atom. The molecule has 104 valence electrons. The van der Waals surface area contributed by atoms with E-state index < -0.39 is 0 Å². The number of rotatable bonds is 5. The van der Waals surface area contributed by atoms with Crippen LogP contribution in [0.3, 0.4) is 0 Å². The standard InChI is InChI=1S/C17H20N2S/c1-13(2)18-10-15-6-5-9-19(15)11-14-12-20-17-8-4-3-7-16(14)17/h3-9,12-13,18H,10-11H2,1-2H3. The fraction of sp³-hybridized carbons (Fsp3) is 0.294. The van der Waals surface area contributed by atoms with Crippen molar-refractivity contribution in [3.05, 3.63) is 59.2 Å². The van der Waals surface area contributed by atoms with E-state index in [1.807, 2.05) is 11.3 Å². The molecule has 0 saturated carbocycles. The number of aromatic nitrogens is 1. The van der Waals surface area contributed by atoms with Crippen molar-refractivity contribution in [1.29, 1.82) is 0 Å². The van der Waals surface area contributed by atoms with Crippen LogP contribution in [0.25, 0.3) is 10.1 Å². The Hall–Kier alpha value is -1.58. The molecule has 0 aliphatic rings. The van der Waals surface area contributed by atoms with Gasteiger partial charge in [-0.2, -0.15) is 0 Å². The maximum atomic E-state index is 3.49. The largest absolute Gasteiger partial charge is 0.346 e. The van der Waals surface area contributed by atoms with E-state index in [1.165, 1.54) is 21.3 Å². The average Bonchev–Trinajstić information content (AvgIpc) is 3.05. The molecule has 0 aliphatic heterocycles. The van der Waals surface area contributed by atoms with Crippen molar-refractivity contribution in [1.82, 2.24) is 9.88 Å². The molecule has 20 heavy (non-hydrogen) atoms. The van der Waals surface area contributed by atoms with Crippen LogP contribution >= 0.6 is 11.3 Å². The lowest BCUT2D eigenvalue weighted by molar-refractivity contribution is 0.565. The van der Waals surface area contributed by atoms with Crippen LogP contribution < -0.4 is 5.32 Å². The Labute approximate surface area is 124 Å².